The first-order valence-electron chi connectivity index (χ1n) is 6.61. The van der Waals surface area contributed by atoms with Crippen molar-refractivity contribution in [3.05, 3.63) is 29.0 Å². The standard InChI is InChI=1S/C15H20Cl2N2/c1-15(2,3)7-9-19-13-10-11(17)4-5-12(13)18-14(19)6-8-16/h4-5,10H,6-9H2,1-3H3. The van der Waals surface area contributed by atoms with E-state index in [2.05, 4.69) is 30.3 Å². The first-order chi connectivity index (χ1) is 8.90. The molecule has 4 heteroatoms. The highest BCUT2D eigenvalue weighted by Crippen LogP contribution is 2.25. The van der Waals surface area contributed by atoms with E-state index in [0.717, 1.165) is 41.3 Å². The number of alkyl halides is 1. The number of hydrogen-bond acceptors (Lipinski definition) is 1. The molecule has 0 unspecified atom stereocenters. The summed E-state index contributed by atoms with van der Waals surface area (Å²) in [6, 6.07) is 5.85. The third-order valence-electron chi connectivity index (χ3n) is 3.19. The fraction of sp³-hybridized carbons (Fsp3) is 0.533. The Morgan fingerprint density at radius 1 is 1.26 bits per heavy atom. The van der Waals surface area contributed by atoms with Crippen LogP contribution in [-0.4, -0.2) is 15.4 Å². The zero-order valence-corrected chi connectivity index (χ0v) is 13.2. The van der Waals surface area contributed by atoms with E-state index in [-0.39, 0.29) is 0 Å². The van der Waals surface area contributed by atoms with E-state index in [1.807, 2.05) is 18.2 Å². The van der Waals surface area contributed by atoms with Crippen LogP contribution in [0.25, 0.3) is 11.0 Å². The normalized spacial score (nSPS) is 12.3. The van der Waals surface area contributed by atoms with Crippen LogP contribution in [0.2, 0.25) is 5.02 Å². The van der Waals surface area contributed by atoms with Gasteiger partial charge in [0.15, 0.2) is 0 Å². The summed E-state index contributed by atoms with van der Waals surface area (Å²) in [6.45, 7) is 7.70. The summed E-state index contributed by atoms with van der Waals surface area (Å²) in [5.74, 6) is 1.64. The molecule has 2 rings (SSSR count). The maximum atomic E-state index is 6.10. The molecule has 0 fully saturated rings. The van der Waals surface area contributed by atoms with Gasteiger partial charge in [-0.2, -0.15) is 0 Å². The van der Waals surface area contributed by atoms with Gasteiger partial charge in [-0.25, -0.2) is 4.98 Å². The highest BCUT2D eigenvalue weighted by Gasteiger charge is 2.15. The second kappa shape index (κ2) is 5.72. The summed E-state index contributed by atoms with van der Waals surface area (Å²) in [6.07, 6.45) is 1.89. The Hall–Kier alpha value is -0.730. The minimum atomic E-state index is 0.299. The van der Waals surface area contributed by atoms with Crippen LogP contribution in [0.15, 0.2) is 18.2 Å². The molecule has 104 valence electrons. The number of benzene rings is 1. The molecule has 1 heterocycles. The number of rotatable bonds is 4. The monoisotopic (exact) mass is 298 g/mol. The summed E-state index contributed by atoms with van der Waals surface area (Å²) in [4.78, 5) is 4.66. The molecule has 0 saturated heterocycles. The van der Waals surface area contributed by atoms with Crippen molar-refractivity contribution in [3.8, 4) is 0 Å². The first kappa shape index (κ1) is 14.7. The lowest BCUT2D eigenvalue weighted by Crippen LogP contribution is -2.12. The molecule has 0 amide bonds. The van der Waals surface area contributed by atoms with Crippen LogP contribution in [0.4, 0.5) is 0 Å². The molecule has 0 radical (unpaired) electrons. The summed E-state index contributed by atoms with van der Waals surface area (Å²) < 4.78 is 2.26. The van der Waals surface area contributed by atoms with E-state index in [1.54, 1.807) is 0 Å². The van der Waals surface area contributed by atoms with Crippen molar-refractivity contribution < 1.29 is 0 Å². The number of aromatic nitrogens is 2. The lowest BCUT2D eigenvalue weighted by molar-refractivity contribution is 0.350. The highest BCUT2D eigenvalue weighted by atomic mass is 35.5. The lowest BCUT2D eigenvalue weighted by atomic mass is 9.92. The van der Waals surface area contributed by atoms with Crippen molar-refractivity contribution in [2.45, 2.75) is 40.2 Å². The number of aryl methyl sites for hydroxylation is 2. The van der Waals surface area contributed by atoms with Crippen molar-refractivity contribution >= 4 is 34.2 Å². The highest BCUT2D eigenvalue weighted by molar-refractivity contribution is 6.31. The van der Waals surface area contributed by atoms with Crippen molar-refractivity contribution in [2.75, 3.05) is 5.88 Å². The molecule has 0 spiro atoms. The predicted octanol–water partition coefficient (Wildman–Crippen LogP) is 4.91. The van der Waals surface area contributed by atoms with Gasteiger partial charge >= 0.3 is 0 Å². The quantitative estimate of drug-likeness (QED) is 0.734. The van der Waals surface area contributed by atoms with Gasteiger partial charge in [0.2, 0.25) is 0 Å². The van der Waals surface area contributed by atoms with Crippen LogP contribution in [0.5, 0.6) is 0 Å². The van der Waals surface area contributed by atoms with Crippen molar-refractivity contribution in [1.82, 2.24) is 9.55 Å². The molecule has 2 aromatic rings. The molecule has 0 bridgehead atoms. The Morgan fingerprint density at radius 3 is 2.63 bits per heavy atom. The molecule has 1 aromatic heterocycles. The molecule has 19 heavy (non-hydrogen) atoms. The van der Waals surface area contributed by atoms with Gasteiger partial charge in [0.1, 0.15) is 5.82 Å². The van der Waals surface area contributed by atoms with Gasteiger partial charge in [0.25, 0.3) is 0 Å². The van der Waals surface area contributed by atoms with E-state index >= 15 is 0 Å². The Balaban J connectivity index is 2.41. The average Bonchev–Trinajstić information content (AvgIpc) is 2.63. The number of imidazole rings is 1. The van der Waals surface area contributed by atoms with E-state index in [1.165, 1.54) is 0 Å². The Kier molecular flexibility index (Phi) is 4.42. The van der Waals surface area contributed by atoms with Crippen molar-refractivity contribution in [2.24, 2.45) is 5.41 Å². The molecule has 0 atom stereocenters. The number of hydrogen-bond donors (Lipinski definition) is 0. The van der Waals surface area contributed by atoms with Gasteiger partial charge < -0.3 is 4.57 Å². The van der Waals surface area contributed by atoms with Gasteiger partial charge in [-0.3, -0.25) is 0 Å². The van der Waals surface area contributed by atoms with Gasteiger partial charge in [-0.05, 0) is 30.0 Å². The zero-order chi connectivity index (χ0) is 14.0. The van der Waals surface area contributed by atoms with Crippen LogP contribution in [-0.2, 0) is 13.0 Å². The number of halogens is 2. The lowest BCUT2D eigenvalue weighted by Gasteiger charge is -2.19. The fourth-order valence-corrected chi connectivity index (χ4v) is 2.45. The van der Waals surface area contributed by atoms with E-state index in [9.17, 15) is 0 Å². The van der Waals surface area contributed by atoms with E-state index in [4.69, 9.17) is 23.2 Å². The van der Waals surface area contributed by atoms with Crippen LogP contribution in [0.3, 0.4) is 0 Å². The van der Waals surface area contributed by atoms with E-state index in [0.29, 0.717) is 11.3 Å². The minimum Gasteiger partial charge on any atom is -0.328 e. The van der Waals surface area contributed by atoms with Crippen molar-refractivity contribution in [3.63, 3.8) is 0 Å². The molecular weight excluding hydrogens is 279 g/mol. The second-order valence-electron chi connectivity index (χ2n) is 6.06. The van der Waals surface area contributed by atoms with Crippen LogP contribution in [0, 0.1) is 5.41 Å². The van der Waals surface area contributed by atoms with Gasteiger partial charge in [0.05, 0.1) is 11.0 Å². The predicted molar refractivity (Wildman–Crippen MR) is 83.2 cm³/mol. The molecule has 0 aliphatic carbocycles. The molecule has 0 aliphatic heterocycles. The minimum absolute atomic E-state index is 0.299. The molecule has 0 N–H and O–H groups in total. The molecular formula is C15H20Cl2N2. The molecule has 1 aromatic carbocycles. The van der Waals surface area contributed by atoms with Crippen LogP contribution < -0.4 is 0 Å². The fourth-order valence-electron chi connectivity index (χ4n) is 2.12. The largest absolute Gasteiger partial charge is 0.328 e. The second-order valence-corrected chi connectivity index (χ2v) is 6.88. The van der Waals surface area contributed by atoms with Gasteiger partial charge in [-0.15, -0.1) is 11.6 Å². The Bertz CT molecular complexity index is 567. The topological polar surface area (TPSA) is 17.8 Å². The molecule has 0 aliphatic rings. The SMILES string of the molecule is CC(C)(C)CCn1c(CCCl)nc2ccc(Cl)cc21. The smallest absolute Gasteiger partial charge is 0.111 e. The van der Waals surface area contributed by atoms with Crippen LogP contribution >= 0.6 is 23.2 Å². The number of nitrogens with zero attached hydrogens (tertiary/aromatic N) is 2. The first-order valence-corrected chi connectivity index (χ1v) is 7.52. The third kappa shape index (κ3) is 3.64. The van der Waals surface area contributed by atoms with Crippen molar-refractivity contribution in [1.29, 1.82) is 0 Å². The molecule has 2 nitrogen and oxygen atoms in total. The van der Waals surface area contributed by atoms with Gasteiger partial charge in [0, 0.05) is 23.9 Å². The zero-order valence-electron chi connectivity index (χ0n) is 11.7. The van der Waals surface area contributed by atoms with Crippen LogP contribution in [0.1, 0.15) is 33.0 Å². The summed E-state index contributed by atoms with van der Waals surface area (Å²) in [5.41, 5.74) is 2.41. The molecule has 0 saturated carbocycles. The Morgan fingerprint density at radius 2 is 2.00 bits per heavy atom. The average molecular weight is 299 g/mol. The Labute approximate surface area is 124 Å². The summed E-state index contributed by atoms with van der Waals surface area (Å²) >= 11 is 12.0. The number of fused-ring (bicyclic) bond motifs is 1. The van der Waals surface area contributed by atoms with Gasteiger partial charge in [-0.1, -0.05) is 32.4 Å². The summed E-state index contributed by atoms with van der Waals surface area (Å²) in [7, 11) is 0. The maximum absolute atomic E-state index is 6.10. The maximum Gasteiger partial charge on any atom is 0.111 e. The summed E-state index contributed by atoms with van der Waals surface area (Å²) in [5, 5.41) is 0.752. The third-order valence-corrected chi connectivity index (χ3v) is 3.62. The van der Waals surface area contributed by atoms with E-state index < -0.39 is 0 Å².